The van der Waals surface area contributed by atoms with E-state index in [9.17, 15) is 4.79 Å². The summed E-state index contributed by atoms with van der Waals surface area (Å²) in [6.45, 7) is 0. The number of ether oxygens (including phenoxy) is 1. The molecule has 68 valence electrons. The average Bonchev–Trinajstić information content (AvgIpc) is 2.67. The van der Waals surface area contributed by atoms with E-state index in [4.69, 9.17) is 9.62 Å². The van der Waals surface area contributed by atoms with Gasteiger partial charge in [0.2, 0.25) is 12.6 Å². The fourth-order valence-corrected chi connectivity index (χ4v) is 1.07. The molecule has 1 aromatic rings. The molecule has 0 amide bonds. The van der Waals surface area contributed by atoms with E-state index in [1.807, 2.05) is 30.3 Å². The van der Waals surface area contributed by atoms with Gasteiger partial charge in [-0.3, -0.25) is 4.79 Å². The maximum Gasteiger partial charge on any atom is 0.250 e. The van der Waals surface area contributed by atoms with E-state index >= 15 is 0 Å². The molecule has 1 aliphatic heterocycles. The molecule has 1 fully saturated rings. The van der Waals surface area contributed by atoms with Gasteiger partial charge < -0.3 is 4.74 Å². The highest BCUT2D eigenvalue weighted by Crippen LogP contribution is 2.26. The first-order chi connectivity index (χ1) is 6.40. The van der Waals surface area contributed by atoms with Crippen LogP contribution in [0.1, 0.15) is 11.9 Å². The van der Waals surface area contributed by atoms with Crippen LogP contribution >= 0.6 is 0 Å². The van der Waals surface area contributed by atoms with Crippen molar-refractivity contribution in [2.24, 2.45) is 0 Å². The van der Waals surface area contributed by atoms with Gasteiger partial charge in [-0.2, -0.15) is 9.78 Å². The van der Waals surface area contributed by atoms with Crippen molar-refractivity contribution in [3.05, 3.63) is 35.9 Å². The fraction of sp³-hybridized carbons (Fsp3) is 0.222. The van der Waals surface area contributed by atoms with Crippen LogP contribution in [0, 0.1) is 0 Å². The number of benzene rings is 1. The molecule has 1 heterocycles. The molecule has 13 heavy (non-hydrogen) atoms. The second-order valence-corrected chi connectivity index (χ2v) is 2.58. The van der Waals surface area contributed by atoms with E-state index in [1.54, 1.807) is 0 Å². The van der Waals surface area contributed by atoms with E-state index in [0.717, 1.165) is 5.56 Å². The highest BCUT2D eigenvalue weighted by atomic mass is 17.3. The smallest absolute Gasteiger partial charge is 0.250 e. The predicted molar refractivity (Wildman–Crippen MR) is 42.3 cm³/mol. The lowest BCUT2D eigenvalue weighted by Gasteiger charge is -2.04. The number of rotatable bonds is 2. The van der Waals surface area contributed by atoms with E-state index in [0.29, 0.717) is 6.29 Å². The van der Waals surface area contributed by atoms with Crippen molar-refractivity contribution in [3.63, 3.8) is 0 Å². The third-order valence-electron chi connectivity index (χ3n) is 1.68. The van der Waals surface area contributed by atoms with E-state index < -0.39 is 12.6 Å². The fourth-order valence-electron chi connectivity index (χ4n) is 1.07. The number of aldehydes is 1. The maximum absolute atomic E-state index is 10.3. The van der Waals surface area contributed by atoms with Crippen molar-refractivity contribution < 1.29 is 19.3 Å². The second kappa shape index (κ2) is 3.66. The highest BCUT2D eigenvalue weighted by molar-refractivity contribution is 5.53. The lowest BCUT2D eigenvalue weighted by atomic mass is 10.2. The summed E-state index contributed by atoms with van der Waals surface area (Å²) in [6.07, 6.45) is -0.968. The monoisotopic (exact) mass is 180 g/mol. The van der Waals surface area contributed by atoms with E-state index in [-0.39, 0.29) is 0 Å². The minimum atomic E-state index is -0.912. The van der Waals surface area contributed by atoms with Crippen LogP contribution in [0.15, 0.2) is 30.3 Å². The topological polar surface area (TPSA) is 44.8 Å². The zero-order valence-corrected chi connectivity index (χ0v) is 6.75. The van der Waals surface area contributed by atoms with Gasteiger partial charge in [0.15, 0.2) is 6.29 Å². The van der Waals surface area contributed by atoms with Crippen molar-refractivity contribution in [2.45, 2.75) is 12.6 Å². The average molecular weight is 180 g/mol. The zero-order valence-electron chi connectivity index (χ0n) is 6.75. The molecular formula is C9H8O4. The molecule has 4 nitrogen and oxygen atoms in total. The van der Waals surface area contributed by atoms with Crippen LogP contribution < -0.4 is 0 Å². The summed E-state index contributed by atoms with van der Waals surface area (Å²) in [5.74, 6) is 0. The molecular weight excluding hydrogens is 172 g/mol. The van der Waals surface area contributed by atoms with Crippen molar-refractivity contribution in [1.82, 2.24) is 0 Å². The Morgan fingerprint density at radius 3 is 2.54 bits per heavy atom. The van der Waals surface area contributed by atoms with Crippen molar-refractivity contribution in [1.29, 1.82) is 0 Å². The standard InChI is InChI=1S/C9H8O4/c10-6-8-11-9(13-12-8)7-4-2-1-3-5-7/h1-6,8-9H. The van der Waals surface area contributed by atoms with Crippen molar-refractivity contribution in [3.8, 4) is 0 Å². The molecule has 0 N–H and O–H groups in total. The molecule has 0 radical (unpaired) electrons. The minimum Gasteiger partial charge on any atom is -0.307 e. The van der Waals surface area contributed by atoms with Gasteiger partial charge in [0.25, 0.3) is 0 Å². The van der Waals surface area contributed by atoms with Crippen molar-refractivity contribution >= 4 is 6.29 Å². The summed E-state index contributed by atoms with van der Waals surface area (Å²) in [7, 11) is 0. The summed E-state index contributed by atoms with van der Waals surface area (Å²) in [5.41, 5.74) is 0.826. The van der Waals surface area contributed by atoms with Gasteiger partial charge in [0.05, 0.1) is 0 Å². The molecule has 0 spiro atoms. The van der Waals surface area contributed by atoms with Crippen LogP contribution in [0.4, 0.5) is 0 Å². The largest absolute Gasteiger partial charge is 0.307 e. The van der Waals surface area contributed by atoms with Gasteiger partial charge in [0, 0.05) is 5.56 Å². The molecule has 0 aliphatic carbocycles. The highest BCUT2D eigenvalue weighted by Gasteiger charge is 2.28. The number of hydrogen-bond donors (Lipinski definition) is 0. The molecule has 2 atom stereocenters. The van der Waals surface area contributed by atoms with Gasteiger partial charge in [-0.05, 0) is 0 Å². The van der Waals surface area contributed by atoms with Gasteiger partial charge >= 0.3 is 0 Å². The van der Waals surface area contributed by atoms with Crippen LogP contribution in [-0.2, 0) is 19.3 Å². The molecule has 2 unspecified atom stereocenters. The Kier molecular flexibility index (Phi) is 2.35. The summed E-state index contributed by atoms with van der Waals surface area (Å²) in [6, 6.07) is 9.27. The van der Waals surface area contributed by atoms with Crippen LogP contribution in [0.3, 0.4) is 0 Å². The first-order valence-corrected chi connectivity index (χ1v) is 3.88. The summed E-state index contributed by atoms with van der Waals surface area (Å²) < 4.78 is 5.08. The Hall–Kier alpha value is -1.23. The number of carbonyl (C=O) groups is 1. The van der Waals surface area contributed by atoms with Crippen LogP contribution in [-0.4, -0.2) is 12.6 Å². The quantitative estimate of drug-likeness (QED) is 0.506. The van der Waals surface area contributed by atoms with Gasteiger partial charge in [-0.1, -0.05) is 30.3 Å². The third-order valence-corrected chi connectivity index (χ3v) is 1.68. The summed E-state index contributed by atoms with van der Waals surface area (Å²) in [4.78, 5) is 19.6. The molecule has 4 heteroatoms. The number of carbonyl (C=O) groups excluding carboxylic acids is 1. The Bertz CT molecular complexity index is 285. The molecule has 1 saturated heterocycles. The van der Waals surface area contributed by atoms with Gasteiger partial charge in [0.1, 0.15) is 0 Å². The predicted octanol–water partition coefficient (Wildman–Crippen LogP) is 1.19. The first-order valence-electron chi connectivity index (χ1n) is 3.88. The zero-order chi connectivity index (χ0) is 9.10. The minimum absolute atomic E-state index is 0.545. The molecule has 0 bridgehead atoms. The first kappa shape index (κ1) is 8.37. The summed E-state index contributed by atoms with van der Waals surface area (Å²) in [5, 5.41) is 0. The molecule has 1 aromatic carbocycles. The Balaban J connectivity index is 2.08. The molecule has 0 aromatic heterocycles. The van der Waals surface area contributed by atoms with Gasteiger partial charge in [-0.15, -0.1) is 0 Å². The summed E-state index contributed by atoms with van der Waals surface area (Å²) >= 11 is 0. The molecule has 1 aliphatic rings. The van der Waals surface area contributed by atoms with Crippen LogP contribution in [0.25, 0.3) is 0 Å². The van der Waals surface area contributed by atoms with Gasteiger partial charge in [-0.25, -0.2) is 0 Å². The number of hydrogen-bond acceptors (Lipinski definition) is 4. The van der Waals surface area contributed by atoms with E-state index in [2.05, 4.69) is 4.89 Å². The lowest BCUT2D eigenvalue weighted by molar-refractivity contribution is -0.291. The molecule has 2 rings (SSSR count). The Morgan fingerprint density at radius 1 is 1.15 bits per heavy atom. The van der Waals surface area contributed by atoms with Crippen LogP contribution in [0.5, 0.6) is 0 Å². The normalized spacial score (nSPS) is 27.4. The third kappa shape index (κ3) is 1.75. The maximum atomic E-state index is 10.3. The van der Waals surface area contributed by atoms with E-state index in [1.165, 1.54) is 0 Å². The Labute approximate surface area is 75.0 Å². The lowest BCUT2D eigenvalue weighted by Crippen LogP contribution is -2.08. The molecule has 0 saturated carbocycles. The van der Waals surface area contributed by atoms with Crippen LogP contribution in [0.2, 0.25) is 0 Å². The second-order valence-electron chi connectivity index (χ2n) is 2.58. The SMILES string of the molecule is O=CC1OOC(c2ccccc2)O1. The van der Waals surface area contributed by atoms with Crippen molar-refractivity contribution in [2.75, 3.05) is 0 Å². The Morgan fingerprint density at radius 2 is 1.92 bits per heavy atom.